The maximum absolute atomic E-state index is 14.3. The molecule has 0 amide bonds. The van der Waals surface area contributed by atoms with Gasteiger partial charge in [-0.3, -0.25) is 4.79 Å². The summed E-state index contributed by atoms with van der Waals surface area (Å²) in [6, 6.07) is 18.7. The van der Waals surface area contributed by atoms with Gasteiger partial charge in [-0.05, 0) is 69.7 Å². The lowest BCUT2D eigenvalue weighted by molar-refractivity contribution is -0.122. The van der Waals surface area contributed by atoms with Crippen molar-refractivity contribution in [1.82, 2.24) is 24.6 Å². The number of aryl methyl sites for hydroxylation is 1. The van der Waals surface area contributed by atoms with E-state index < -0.39 is 17.5 Å². The van der Waals surface area contributed by atoms with Crippen LogP contribution < -0.4 is 11.4 Å². The van der Waals surface area contributed by atoms with E-state index in [9.17, 15) is 14.3 Å². The molecule has 0 aliphatic heterocycles. The molecule has 46 heavy (non-hydrogen) atoms. The van der Waals surface area contributed by atoms with Crippen LogP contribution in [0.15, 0.2) is 82.3 Å². The number of hydrogen-bond acceptors (Lipinski definition) is 9. The van der Waals surface area contributed by atoms with Crippen LogP contribution in [0.25, 0.3) is 44.2 Å². The van der Waals surface area contributed by atoms with Gasteiger partial charge in [0.25, 0.3) is 6.47 Å². The lowest BCUT2D eigenvalue weighted by Crippen LogP contribution is -2.15. The Morgan fingerprint density at radius 1 is 1.04 bits per heavy atom. The van der Waals surface area contributed by atoms with E-state index >= 15 is 0 Å². The van der Waals surface area contributed by atoms with Crippen molar-refractivity contribution in [3.63, 3.8) is 0 Å². The molecule has 0 fully saturated rings. The largest absolute Gasteiger partial charge is 0.508 e. The summed E-state index contributed by atoms with van der Waals surface area (Å²) in [6.07, 6.45) is 3.22. The minimum absolute atomic E-state index is 0.146. The van der Waals surface area contributed by atoms with Crippen molar-refractivity contribution in [2.24, 2.45) is 0 Å². The maximum atomic E-state index is 14.3. The van der Waals surface area contributed by atoms with E-state index in [4.69, 9.17) is 25.2 Å². The maximum Gasteiger partial charge on any atom is 0.343 e. The van der Waals surface area contributed by atoms with E-state index in [1.54, 1.807) is 10.7 Å². The fraction of sp³-hybridized carbons (Fsp3) is 0.206. The number of aromatic nitrogens is 4. The van der Waals surface area contributed by atoms with Gasteiger partial charge in [0.1, 0.15) is 41.2 Å². The third kappa shape index (κ3) is 6.42. The highest BCUT2D eigenvalue weighted by molar-refractivity contribution is 5.99. The summed E-state index contributed by atoms with van der Waals surface area (Å²) >= 11 is 0. The second kappa shape index (κ2) is 13.6. The predicted molar refractivity (Wildman–Crippen MR) is 174 cm³/mol. The van der Waals surface area contributed by atoms with E-state index in [1.807, 2.05) is 37.3 Å². The molecule has 12 heteroatoms. The summed E-state index contributed by atoms with van der Waals surface area (Å²) < 4.78 is 22.0. The molecule has 1 atom stereocenters. The van der Waals surface area contributed by atoms with Crippen LogP contribution in [0.3, 0.4) is 0 Å². The Kier molecular flexibility index (Phi) is 9.38. The SMILES string of the molecule is CC(c1oc(=O)c2ccccc2c1-c1cccc(CCCN(C)C)c1)n1nc(-c2cc(O)cc(F)c2)c2c(N)ncnc21.O=CO. The van der Waals surface area contributed by atoms with Gasteiger partial charge in [-0.2, -0.15) is 5.10 Å². The molecule has 0 radical (unpaired) electrons. The van der Waals surface area contributed by atoms with Crippen molar-refractivity contribution < 1.29 is 23.8 Å². The van der Waals surface area contributed by atoms with E-state index in [-0.39, 0.29) is 18.0 Å². The Morgan fingerprint density at radius 2 is 1.78 bits per heavy atom. The number of phenols is 1. The van der Waals surface area contributed by atoms with Gasteiger partial charge in [0.15, 0.2) is 5.65 Å². The van der Waals surface area contributed by atoms with Crippen LogP contribution in [0.5, 0.6) is 5.75 Å². The number of carbonyl (C=O) groups is 1. The van der Waals surface area contributed by atoms with Gasteiger partial charge in [-0.1, -0.05) is 42.5 Å². The van der Waals surface area contributed by atoms with Crippen LogP contribution in [0.4, 0.5) is 10.2 Å². The van der Waals surface area contributed by atoms with Gasteiger partial charge in [0, 0.05) is 22.6 Å². The monoisotopic (exact) mass is 624 g/mol. The molecule has 0 bridgehead atoms. The Labute approximate surface area is 263 Å². The number of carboxylic acid groups (broad SMARTS) is 1. The molecule has 4 N–H and O–H groups in total. The average molecular weight is 625 g/mol. The number of fused-ring (bicyclic) bond motifs is 2. The zero-order valence-electron chi connectivity index (χ0n) is 25.5. The molecular weight excluding hydrogens is 591 g/mol. The van der Waals surface area contributed by atoms with Gasteiger partial charge < -0.3 is 25.3 Å². The summed E-state index contributed by atoms with van der Waals surface area (Å²) in [6.45, 7) is 2.58. The van der Waals surface area contributed by atoms with E-state index in [0.717, 1.165) is 42.0 Å². The zero-order chi connectivity index (χ0) is 33.0. The van der Waals surface area contributed by atoms with Crippen LogP contribution in [-0.4, -0.2) is 62.0 Å². The molecule has 6 aromatic rings. The normalized spacial score (nSPS) is 11.8. The molecule has 3 heterocycles. The number of aromatic hydroxyl groups is 1. The number of nitrogen functional groups attached to an aromatic ring is 1. The Hall–Kier alpha value is -5.62. The Morgan fingerprint density at radius 3 is 2.50 bits per heavy atom. The lowest BCUT2D eigenvalue weighted by atomic mass is 9.94. The number of halogens is 1. The van der Waals surface area contributed by atoms with Crippen LogP contribution in [0.1, 0.15) is 30.7 Å². The van der Waals surface area contributed by atoms with Crippen LogP contribution in [0, 0.1) is 5.82 Å². The van der Waals surface area contributed by atoms with E-state index in [0.29, 0.717) is 33.4 Å². The number of anilines is 1. The van der Waals surface area contributed by atoms with Crippen molar-refractivity contribution in [2.45, 2.75) is 25.8 Å². The first kappa shape index (κ1) is 31.8. The quantitative estimate of drug-likeness (QED) is 0.185. The summed E-state index contributed by atoms with van der Waals surface area (Å²) in [7, 11) is 4.12. The van der Waals surface area contributed by atoms with Crippen molar-refractivity contribution in [3.05, 3.63) is 101 Å². The molecule has 1 unspecified atom stereocenters. The van der Waals surface area contributed by atoms with Crippen molar-refractivity contribution >= 4 is 34.1 Å². The summed E-state index contributed by atoms with van der Waals surface area (Å²) in [5.74, 6) is -0.346. The number of nitrogens with zero attached hydrogens (tertiary/aromatic N) is 5. The highest BCUT2D eigenvalue weighted by Crippen LogP contribution is 2.39. The third-order valence-corrected chi connectivity index (χ3v) is 7.57. The first-order chi connectivity index (χ1) is 22.1. The number of nitrogens with two attached hydrogens (primary N) is 1. The van der Waals surface area contributed by atoms with Gasteiger partial charge >= 0.3 is 5.63 Å². The van der Waals surface area contributed by atoms with Gasteiger partial charge in [-0.25, -0.2) is 23.8 Å². The van der Waals surface area contributed by atoms with Gasteiger partial charge in [0.2, 0.25) is 0 Å². The summed E-state index contributed by atoms with van der Waals surface area (Å²) in [5.41, 5.74) is 9.64. The molecule has 0 saturated carbocycles. The average Bonchev–Trinajstić information content (AvgIpc) is 3.42. The summed E-state index contributed by atoms with van der Waals surface area (Å²) in [5, 5.41) is 23.4. The molecular formula is C34H33FN6O5. The first-order valence-electron chi connectivity index (χ1n) is 14.5. The molecule has 3 aromatic heterocycles. The molecule has 0 aliphatic rings. The fourth-order valence-corrected chi connectivity index (χ4v) is 5.58. The van der Waals surface area contributed by atoms with Gasteiger partial charge in [0.05, 0.1) is 10.8 Å². The number of benzene rings is 3. The number of rotatable bonds is 8. The van der Waals surface area contributed by atoms with Crippen molar-refractivity contribution in [3.8, 4) is 28.1 Å². The van der Waals surface area contributed by atoms with Gasteiger partial charge in [-0.15, -0.1) is 0 Å². The van der Waals surface area contributed by atoms with E-state index in [1.165, 1.54) is 24.0 Å². The van der Waals surface area contributed by atoms with Crippen molar-refractivity contribution in [2.75, 3.05) is 26.4 Å². The molecule has 11 nitrogen and oxygen atoms in total. The number of phenolic OH excluding ortho intramolecular Hbond substituents is 1. The standard InChI is InChI=1S/C33H31FN6O3.CH2O2/c1-19(40-32-28(31(35)36-18-37-32)29(38-40)22-15-23(34)17-24(41)16-22)30-27(25-11-4-5-12-26(25)33(42)43-30)21-10-6-8-20(14-21)9-7-13-39(2)3;2-1-3/h4-6,8,10-12,14-19,41H,7,9,13H2,1-3H3,(H2,35,36,37);1H,(H,2,3). The zero-order valence-corrected chi connectivity index (χ0v) is 25.5. The van der Waals surface area contributed by atoms with Crippen LogP contribution in [0.2, 0.25) is 0 Å². The minimum atomic E-state index is -0.641. The summed E-state index contributed by atoms with van der Waals surface area (Å²) in [4.78, 5) is 32.4. The molecule has 6 rings (SSSR count). The molecule has 0 saturated heterocycles. The lowest BCUT2D eigenvalue weighted by Gasteiger charge is -2.18. The van der Waals surface area contributed by atoms with Crippen molar-refractivity contribution in [1.29, 1.82) is 0 Å². The number of hydrogen-bond donors (Lipinski definition) is 3. The minimum Gasteiger partial charge on any atom is -0.508 e. The Balaban J connectivity index is 0.00000134. The van der Waals surface area contributed by atoms with E-state index in [2.05, 4.69) is 41.1 Å². The Bertz CT molecular complexity index is 2070. The molecule has 3 aromatic carbocycles. The smallest absolute Gasteiger partial charge is 0.343 e. The predicted octanol–water partition coefficient (Wildman–Crippen LogP) is 5.50. The fourth-order valence-electron chi connectivity index (χ4n) is 5.58. The highest BCUT2D eigenvalue weighted by atomic mass is 19.1. The van der Waals surface area contributed by atoms with Crippen LogP contribution in [-0.2, 0) is 11.2 Å². The second-order valence-corrected chi connectivity index (χ2v) is 11.0. The molecule has 236 valence electrons. The molecule has 0 aliphatic carbocycles. The first-order valence-corrected chi connectivity index (χ1v) is 14.5. The third-order valence-electron chi connectivity index (χ3n) is 7.57. The highest BCUT2D eigenvalue weighted by Gasteiger charge is 2.27. The second-order valence-electron chi connectivity index (χ2n) is 11.0. The molecule has 0 spiro atoms. The topological polar surface area (TPSA) is 161 Å². The van der Waals surface area contributed by atoms with Crippen LogP contribution >= 0.6 is 0 Å².